The number of amidine groups is 2. The van der Waals surface area contributed by atoms with Crippen LogP contribution in [0.1, 0.15) is 160 Å². The summed E-state index contributed by atoms with van der Waals surface area (Å²) in [5, 5.41) is 5.90. The minimum absolute atomic E-state index is 0.0130. The Bertz CT molecular complexity index is 3000. The number of anilines is 1. The maximum Gasteiger partial charge on any atom is 0.343 e. The van der Waals surface area contributed by atoms with Gasteiger partial charge in [-0.3, -0.25) is 9.59 Å². The predicted octanol–water partition coefficient (Wildman–Crippen LogP) is 12.8. The summed E-state index contributed by atoms with van der Waals surface area (Å²) < 4.78 is 13.8. The largest absolute Gasteiger partial charge is 0.458 e. The number of ether oxygens (including phenoxy) is 2. The number of aromatic amines is 1. The number of nitrogens with one attached hydrogen (secondary N) is 3. The molecule has 4 unspecified atom stereocenters. The maximum atomic E-state index is 15.6. The molecule has 406 valence electrons. The molecule has 15 heteroatoms. The molecule has 3 aromatic heterocycles. The van der Waals surface area contributed by atoms with Crippen LogP contribution >= 0.6 is 0 Å². The highest BCUT2D eigenvalue weighted by molar-refractivity contribution is 6.45. The fraction of sp³-hybridized carbons (Fsp3) is 0.484. The molecule has 1 aliphatic heterocycles. The van der Waals surface area contributed by atoms with Gasteiger partial charge in [-0.25, -0.2) is 39.5 Å². The van der Waals surface area contributed by atoms with Crippen LogP contribution in [0, 0.1) is 57.2 Å². The van der Waals surface area contributed by atoms with Crippen LogP contribution < -0.4 is 10.6 Å². The first-order chi connectivity index (χ1) is 36.2. The molecule has 0 bridgehead atoms. The number of nitrogens with zero attached hydrogens (tertiary/aromatic N) is 6. The Morgan fingerprint density at radius 1 is 0.545 bits per heavy atom. The third kappa shape index (κ3) is 12.5. The third-order valence-electron chi connectivity index (χ3n) is 15.8. The van der Waals surface area contributed by atoms with E-state index in [1.165, 1.54) is 12.4 Å². The minimum Gasteiger partial charge on any atom is -0.458 e. The van der Waals surface area contributed by atoms with Crippen molar-refractivity contribution in [2.75, 3.05) is 5.32 Å². The van der Waals surface area contributed by atoms with Crippen LogP contribution in [0.15, 0.2) is 113 Å². The number of aliphatic imine (C=N–C) groups is 2. The number of benzene rings is 2. The maximum absolute atomic E-state index is 15.6. The van der Waals surface area contributed by atoms with Crippen molar-refractivity contribution in [3.8, 4) is 11.4 Å². The summed E-state index contributed by atoms with van der Waals surface area (Å²) in [6.45, 7) is 30.7. The van der Waals surface area contributed by atoms with E-state index < -0.39 is 36.0 Å². The van der Waals surface area contributed by atoms with E-state index in [0.717, 1.165) is 25.7 Å². The van der Waals surface area contributed by atoms with Crippen molar-refractivity contribution < 1.29 is 28.7 Å². The van der Waals surface area contributed by atoms with Crippen LogP contribution in [0.5, 0.6) is 0 Å². The molecule has 3 aliphatic rings. The highest BCUT2D eigenvalue weighted by Crippen LogP contribution is 2.52. The Labute approximate surface area is 454 Å². The van der Waals surface area contributed by atoms with E-state index in [2.05, 4.69) is 132 Å². The highest BCUT2D eigenvalue weighted by Gasteiger charge is 2.51. The summed E-state index contributed by atoms with van der Waals surface area (Å²) in [5.74, 6) is -1.93. The Morgan fingerprint density at radius 3 is 1.38 bits per heavy atom. The molecule has 0 spiro atoms. The molecule has 2 amide bonds. The summed E-state index contributed by atoms with van der Waals surface area (Å²) >= 11 is 0. The lowest BCUT2D eigenvalue weighted by atomic mass is 9.59. The van der Waals surface area contributed by atoms with Crippen molar-refractivity contribution in [2.24, 2.45) is 67.2 Å². The van der Waals surface area contributed by atoms with Gasteiger partial charge in [0, 0.05) is 59.6 Å². The van der Waals surface area contributed by atoms with Gasteiger partial charge in [0.05, 0.1) is 11.1 Å². The number of H-pyrrole nitrogens is 1. The number of esters is 2. The third-order valence-corrected chi connectivity index (χ3v) is 15.8. The molecule has 15 nitrogen and oxygen atoms in total. The molecular formula is C62H77N9O6. The Hall–Kier alpha value is -7.16. The fourth-order valence-electron chi connectivity index (χ4n) is 11.7. The monoisotopic (exact) mass is 1040 g/mol. The van der Waals surface area contributed by atoms with Crippen molar-refractivity contribution >= 4 is 52.6 Å². The van der Waals surface area contributed by atoms with Crippen LogP contribution in [0.25, 0.3) is 17.0 Å². The zero-order valence-electron chi connectivity index (χ0n) is 47.3. The van der Waals surface area contributed by atoms with Gasteiger partial charge in [0.2, 0.25) is 0 Å². The van der Waals surface area contributed by atoms with Crippen molar-refractivity contribution in [1.29, 1.82) is 0 Å². The van der Waals surface area contributed by atoms with Crippen molar-refractivity contribution in [2.45, 2.75) is 135 Å². The average Bonchev–Trinajstić information content (AvgIpc) is 3.96. The van der Waals surface area contributed by atoms with Crippen LogP contribution in [0.3, 0.4) is 0 Å². The zero-order valence-corrected chi connectivity index (χ0v) is 47.3. The molecule has 2 fully saturated rings. The van der Waals surface area contributed by atoms with Gasteiger partial charge in [-0.05, 0) is 95.6 Å². The summed E-state index contributed by atoms with van der Waals surface area (Å²) in [4.78, 5) is 91.7. The molecule has 4 atom stereocenters. The number of hydrogen-bond donors (Lipinski definition) is 3. The predicted molar refractivity (Wildman–Crippen MR) is 301 cm³/mol. The van der Waals surface area contributed by atoms with Crippen molar-refractivity contribution in [3.63, 3.8) is 0 Å². The Kier molecular flexibility index (Phi) is 16.1. The van der Waals surface area contributed by atoms with Crippen LogP contribution in [0.2, 0.25) is 0 Å². The molecule has 0 radical (unpaired) electrons. The molecule has 2 saturated carbocycles. The number of amides is 2. The van der Waals surface area contributed by atoms with Crippen molar-refractivity contribution in [3.05, 3.63) is 126 Å². The summed E-state index contributed by atoms with van der Waals surface area (Å²) in [6.07, 6.45) is 8.52. The van der Waals surface area contributed by atoms with E-state index in [1.807, 2.05) is 0 Å². The normalized spacial score (nSPS) is 23.8. The standard InChI is InChI=1S/C62H77N9O6/c1-35-31-39(59(3,4)5)47(40(32-35)60(6,7)8)76-57(74)45-43(49-63-27-21-28-64-49)51(68-53(45)70-55(72)37-23-17-15-18-24-37)67-52-44(50-65-29-22-30-66-50)46(54(69-52)71-56(73)38-25-19-16-20-26-38)58(75)77-48-41(61(9,10)11)33-36(2)34-42(48)62(12,13)14/h15-30,35-36,39-42,47-48,68H,31-34H2,1-14H3,(H,70,72)(H,67,69,71,73). The van der Waals surface area contributed by atoms with Gasteiger partial charge in [-0.1, -0.05) is 133 Å². The lowest BCUT2D eigenvalue weighted by Crippen LogP contribution is -2.50. The minimum atomic E-state index is -0.741. The van der Waals surface area contributed by atoms with Gasteiger partial charge in [0.25, 0.3) is 11.8 Å². The second-order valence-corrected chi connectivity index (χ2v) is 25.8. The van der Waals surface area contributed by atoms with Crippen LogP contribution in [0.4, 0.5) is 11.6 Å². The highest BCUT2D eigenvalue weighted by atomic mass is 16.5. The molecule has 3 N–H and O–H groups in total. The lowest BCUT2D eigenvalue weighted by Gasteiger charge is -2.50. The summed E-state index contributed by atoms with van der Waals surface area (Å²) in [5.41, 5.74) is -0.308. The molecular weight excluding hydrogens is 967 g/mol. The molecule has 77 heavy (non-hydrogen) atoms. The van der Waals surface area contributed by atoms with Gasteiger partial charge in [-0.2, -0.15) is 0 Å². The van der Waals surface area contributed by atoms with Crippen LogP contribution in [-0.2, 0) is 14.3 Å². The first-order valence-corrected chi connectivity index (χ1v) is 27.1. The van der Waals surface area contributed by atoms with Gasteiger partial charge in [-0.15, -0.1) is 0 Å². The number of rotatable bonds is 10. The fourth-order valence-corrected chi connectivity index (χ4v) is 11.7. The Morgan fingerprint density at radius 2 is 0.948 bits per heavy atom. The van der Waals surface area contributed by atoms with Crippen molar-refractivity contribution in [1.82, 2.24) is 30.2 Å². The van der Waals surface area contributed by atoms with Gasteiger partial charge < -0.3 is 25.1 Å². The molecule has 8 rings (SSSR count). The van der Waals surface area contributed by atoms with Gasteiger partial charge in [0.1, 0.15) is 35.0 Å². The molecule has 0 saturated heterocycles. The summed E-state index contributed by atoms with van der Waals surface area (Å²) in [7, 11) is 0. The average molecular weight is 1040 g/mol. The zero-order chi connectivity index (χ0) is 55.8. The van der Waals surface area contributed by atoms with Crippen LogP contribution in [-0.4, -0.2) is 72.6 Å². The van der Waals surface area contributed by atoms with E-state index in [4.69, 9.17) is 19.5 Å². The number of carbonyl (C=O) groups is 4. The first-order valence-electron chi connectivity index (χ1n) is 27.1. The number of aromatic nitrogens is 5. The van der Waals surface area contributed by atoms with E-state index in [1.54, 1.807) is 85.2 Å². The Balaban J connectivity index is 1.37. The number of carbonyl (C=O) groups excluding carboxylic acids is 4. The van der Waals surface area contributed by atoms with Gasteiger partial charge in [0.15, 0.2) is 23.3 Å². The lowest BCUT2D eigenvalue weighted by molar-refractivity contribution is -0.164. The molecule has 4 heterocycles. The molecule has 2 aromatic carbocycles. The number of hydrogen-bond acceptors (Lipinski definition) is 11. The molecule has 2 aliphatic carbocycles. The summed E-state index contributed by atoms with van der Waals surface area (Å²) in [6, 6.07) is 20.5. The first kappa shape index (κ1) is 56.1. The van der Waals surface area contributed by atoms with Gasteiger partial charge >= 0.3 is 11.9 Å². The van der Waals surface area contributed by atoms with E-state index in [0.29, 0.717) is 23.0 Å². The van der Waals surface area contributed by atoms with E-state index in [9.17, 15) is 9.59 Å². The van der Waals surface area contributed by atoms with E-state index in [-0.39, 0.29) is 103 Å². The second-order valence-electron chi connectivity index (χ2n) is 25.8. The smallest absolute Gasteiger partial charge is 0.343 e. The topological polar surface area (TPSA) is 203 Å². The SMILES string of the molecule is CC1CC(C(C)(C)C)C(OC(=O)C2=C(c3ncccn3)C(=Nc3[nH]c(NC(=O)c4ccccc4)c(C(=O)OC4C(C(C)(C)C)CC(C)CC4C(C)(C)C)c3-c3ncccn3)N=C2NC(=O)c2ccccc2)C(C(C)(C)C)C1. The quantitative estimate of drug-likeness (QED) is 0.113. The second kappa shape index (κ2) is 22.1. The molecule has 5 aromatic rings. The van der Waals surface area contributed by atoms with E-state index >= 15 is 9.59 Å².